The van der Waals surface area contributed by atoms with Crippen LogP contribution in [0.25, 0.3) is 0 Å². The highest BCUT2D eigenvalue weighted by atomic mass is 19.4. The van der Waals surface area contributed by atoms with Crippen LogP contribution < -0.4 is 36.3 Å². The number of rotatable bonds is 11. The summed E-state index contributed by atoms with van der Waals surface area (Å²) >= 11 is 0. The van der Waals surface area contributed by atoms with E-state index in [4.69, 9.17) is 18.8 Å². The van der Waals surface area contributed by atoms with Crippen molar-refractivity contribution in [2.24, 2.45) is 17.3 Å². The predicted octanol–water partition coefficient (Wildman–Crippen LogP) is 6.04. The van der Waals surface area contributed by atoms with E-state index in [0.29, 0.717) is 35.4 Å². The Morgan fingerprint density at radius 3 is 2.52 bits per heavy atom. The molecule has 3 aliphatic carbocycles. The molecule has 4 N–H and O–H groups in total. The van der Waals surface area contributed by atoms with Gasteiger partial charge in [-0.3, -0.25) is 14.2 Å². The Labute approximate surface area is 323 Å². The van der Waals surface area contributed by atoms with Gasteiger partial charge in [-0.2, -0.15) is 13.2 Å². The molecule has 13 nitrogen and oxygen atoms in total. The van der Waals surface area contributed by atoms with E-state index >= 15 is 0 Å². The van der Waals surface area contributed by atoms with Crippen molar-refractivity contribution in [3.05, 3.63) is 76.0 Å². The van der Waals surface area contributed by atoms with Crippen molar-refractivity contribution in [3.8, 4) is 11.5 Å². The normalized spacial score (nSPS) is 27.6. The molecule has 3 saturated carbocycles. The second kappa shape index (κ2) is 14.3. The Bertz CT molecular complexity index is 2080. The first-order chi connectivity index (χ1) is 26.4. The van der Waals surface area contributed by atoms with Gasteiger partial charge >= 0.3 is 19.3 Å². The van der Waals surface area contributed by atoms with E-state index in [9.17, 15) is 27.6 Å². The fourth-order valence-corrected chi connectivity index (χ4v) is 9.09. The van der Waals surface area contributed by atoms with E-state index in [1.807, 2.05) is 6.92 Å². The van der Waals surface area contributed by atoms with E-state index in [-0.39, 0.29) is 41.6 Å². The molecular formula is C39H48BF3N6O7. The Hall–Kier alpha value is -4.77. The molecule has 7 atom stereocenters. The second-order valence-electron chi connectivity index (χ2n) is 16.4. The van der Waals surface area contributed by atoms with Crippen LogP contribution in [0, 0.1) is 17.3 Å². The quantitative estimate of drug-likeness (QED) is 0.171. The summed E-state index contributed by atoms with van der Waals surface area (Å²) in [5, 5.41) is 11.7. The van der Waals surface area contributed by atoms with E-state index in [0.717, 1.165) is 25.0 Å². The number of nitrogens with zero attached hydrogens (tertiary/aromatic N) is 2. The summed E-state index contributed by atoms with van der Waals surface area (Å²) < 4.78 is 65.3. The van der Waals surface area contributed by atoms with Crippen LogP contribution in [-0.4, -0.2) is 60.5 Å². The summed E-state index contributed by atoms with van der Waals surface area (Å²) in [5.41, 5.74) is -2.52. The molecule has 3 aromatic rings. The first-order valence-electron chi connectivity index (χ1n) is 18.9. The molecule has 2 aromatic carbocycles. The number of benzene rings is 2. The van der Waals surface area contributed by atoms with Crippen LogP contribution in [-0.2, 0) is 32.4 Å². The highest BCUT2D eigenvalue weighted by Crippen LogP contribution is 2.64. The molecule has 5 aliphatic rings. The van der Waals surface area contributed by atoms with Gasteiger partial charge in [0.15, 0.2) is 0 Å². The summed E-state index contributed by atoms with van der Waals surface area (Å²) in [7, 11) is 2.25. The zero-order valence-corrected chi connectivity index (χ0v) is 32.5. The zero-order valence-electron chi connectivity index (χ0n) is 32.5. The first-order valence-corrected chi connectivity index (χ1v) is 18.9. The highest BCUT2D eigenvalue weighted by molar-refractivity contribution is 6.47. The Kier molecular flexibility index (Phi) is 10.1. The molecule has 3 heterocycles. The molecule has 2 aliphatic heterocycles. The number of nitrogens with one attached hydrogen (secondary N) is 4. The van der Waals surface area contributed by atoms with Gasteiger partial charge in [0.05, 0.1) is 54.9 Å². The fourth-order valence-electron chi connectivity index (χ4n) is 9.09. The summed E-state index contributed by atoms with van der Waals surface area (Å²) in [6.07, 6.45) is -1.02. The van der Waals surface area contributed by atoms with E-state index in [2.05, 4.69) is 47.0 Å². The number of amides is 3. The number of urea groups is 1. The molecule has 2 unspecified atom stereocenters. The van der Waals surface area contributed by atoms with Crippen LogP contribution in [0.1, 0.15) is 83.3 Å². The van der Waals surface area contributed by atoms with Crippen LogP contribution in [0.4, 0.5) is 29.3 Å². The van der Waals surface area contributed by atoms with Crippen molar-refractivity contribution in [1.82, 2.24) is 20.2 Å². The summed E-state index contributed by atoms with van der Waals surface area (Å²) in [4.78, 5) is 46.8. The van der Waals surface area contributed by atoms with Gasteiger partial charge < -0.3 is 40.0 Å². The lowest BCUT2D eigenvalue weighted by atomic mass is 9.45. The largest absolute Gasteiger partial charge is 0.497 e. The molecule has 17 heteroatoms. The third kappa shape index (κ3) is 6.97. The van der Waals surface area contributed by atoms with Gasteiger partial charge in [0.25, 0.3) is 5.56 Å². The SMILES string of the molecule is CC[C@H](NC(=O)[C@@H]1C[C@@](C)(NC(=O)Nc2ccc(OC)cc2OC)c2ncc(NCc3cccc(C(F)(F)F)c3)c(=O)n21)B1O[C@@H]2C3CC(C[C@]2(C)O1)C3(C)C. The lowest BCUT2D eigenvalue weighted by Crippen LogP contribution is -2.63. The topological polar surface area (TPSA) is 154 Å². The summed E-state index contributed by atoms with van der Waals surface area (Å²) in [6.45, 7) is 10.1. The Balaban J connectivity index is 1.15. The lowest BCUT2D eigenvalue weighted by molar-refractivity contribution is -0.185. The first kappa shape index (κ1) is 39.5. The molecule has 3 amide bonds. The number of carbonyl (C=O) groups is 2. The van der Waals surface area contributed by atoms with Gasteiger partial charge in [0.1, 0.15) is 29.1 Å². The number of methoxy groups -OCH3 is 2. The maximum Gasteiger partial charge on any atom is 0.481 e. The molecular weight excluding hydrogens is 732 g/mol. The van der Waals surface area contributed by atoms with Gasteiger partial charge in [0.2, 0.25) is 5.91 Å². The standard InChI is InChI=1S/C39H48BF3N6O7/c1-8-30(40-55-31-25-15-23(36(25,2)3)17-38(31,5)56-40)47-32(50)28-18-37(4,48-35(52)46-26-13-12-24(53-6)16-29(26)54-7)34-45-20-27(33(51)49(28)34)44-19-21-10-9-11-22(14-21)39(41,42)43/h9-14,16,20,23,25,28,30-31,44H,8,15,17-19H2,1-7H3,(H,47,50)(H2,46,48,52)/t23?,25?,28-,30-,31+,37+,38-/m0/s1. The van der Waals surface area contributed by atoms with Crippen molar-refractivity contribution in [3.63, 3.8) is 0 Å². The minimum Gasteiger partial charge on any atom is -0.497 e. The summed E-state index contributed by atoms with van der Waals surface area (Å²) in [6, 6.07) is 7.85. The minimum atomic E-state index is -4.54. The molecule has 1 saturated heterocycles. The van der Waals surface area contributed by atoms with Crippen molar-refractivity contribution in [2.75, 3.05) is 24.9 Å². The van der Waals surface area contributed by atoms with Crippen molar-refractivity contribution in [1.29, 1.82) is 0 Å². The number of ether oxygens (including phenoxy) is 2. The number of alkyl halides is 3. The summed E-state index contributed by atoms with van der Waals surface area (Å²) in [5.74, 6) is 0.800. The second-order valence-corrected chi connectivity index (χ2v) is 16.4. The monoisotopic (exact) mass is 780 g/mol. The number of halogens is 3. The molecule has 300 valence electrons. The van der Waals surface area contributed by atoms with Crippen LogP contribution in [0.5, 0.6) is 11.5 Å². The lowest BCUT2D eigenvalue weighted by Gasteiger charge is -2.63. The fraction of sp³-hybridized carbons (Fsp3) is 0.538. The third-order valence-corrected chi connectivity index (χ3v) is 12.4. The molecule has 56 heavy (non-hydrogen) atoms. The van der Waals surface area contributed by atoms with Crippen LogP contribution in [0.15, 0.2) is 53.5 Å². The average Bonchev–Trinajstić information content (AvgIpc) is 3.67. The third-order valence-electron chi connectivity index (χ3n) is 12.4. The van der Waals surface area contributed by atoms with E-state index in [1.165, 1.54) is 37.1 Å². The van der Waals surface area contributed by atoms with Crippen LogP contribution in [0.2, 0.25) is 0 Å². The van der Waals surface area contributed by atoms with Gasteiger partial charge in [-0.05, 0) is 80.2 Å². The number of aromatic nitrogens is 2. The number of anilines is 2. The van der Waals surface area contributed by atoms with Crippen molar-refractivity contribution >= 4 is 30.4 Å². The van der Waals surface area contributed by atoms with E-state index in [1.54, 1.807) is 25.1 Å². The number of carbonyl (C=O) groups excluding carboxylic acids is 2. The number of hydrogen-bond acceptors (Lipinski definition) is 9. The molecule has 8 rings (SSSR count). The van der Waals surface area contributed by atoms with Crippen molar-refractivity contribution in [2.45, 2.75) is 102 Å². The zero-order chi connectivity index (χ0) is 40.4. The van der Waals surface area contributed by atoms with Crippen molar-refractivity contribution < 1.29 is 41.5 Å². The average molecular weight is 781 g/mol. The smallest absolute Gasteiger partial charge is 0.481 e. The number of hydrogen-bond donors (Lipinski definition) is 4. The number of fused-ring (bicyclic) bond motifs is 1. The maximum absolute atomic E-state index is 14.4. The Morgan fingerprint density at radius 2 is 1.84 bits per heavy atom. The minimum absolute atomic E-state index is 0.0336. The predicted molar refractivity (Wildman–Crippen MR) is 202 cm³/mol. The molecule has 2 bridgehead atoms. The highest BCUT2D eigenvalue weighted by Gasteiger charge is 2.67. The van der Waals surface area contributed by atoms with Gasteiger partial charge in [-0.1, -0.05) is 32.9 Å². The Morgan fingerprint density at radius 1 is 1.07 bits per heavy atom. The molecule has 4 fully saturated rings. The molecule has 0 spiro atoms. The van der Waals surface area contributed by atoms with Gasteiger partial charge in [-0.15, -0.1) is 0 Å². The van der Waals surface area contributed by atoms with Crippen LogP contribution in [0.3, 0.4) is 0 Å². The molecule has 1 aromatic heterocycles. The maximum atomic E-state index is 14.4. The molecule has 0 radical (unpaired) electrons. The van der Waals surface area contributed by atoms with Gasteiger partial charge in [-0.25, -0.2) is 9.78 Å². The van der Waals surface area contributed by atoms with Crippen LogP contribution >= 0.6 is 0 Å². The van der Waals surface area contributed by atoms with E-state index < -0.39 is 59.5 Å². The van der Waals surface area contributed by atoms with Gasteiger partial charge in [0, 0.05) is 19.0 Å².